The van der Waals surface area contributed by atoms with Crippen LogP contribution in [-0.4, -0.2) is 29.3 Å². The zero-order valence-corrected chi connectivity index (χ0v) is 13.5. The van der Waals surface area contributed by atoms with Crippen LogP contribution in [0.3, 0.4) is 0 Å². The van der Waals surface area contributed by atoms with Gasteiger partial charge in [0.25, 0.3) is 0 Å². The van der Waals surface area contributed by atoms with Crippen molar-refractivity contribution in [1.29, 1.82) is 0 Å². The van der Waals surface area contributed by atoms with Gasteiger partial charge >= 0.3 is 0 Å². The van der Waals surface area contributed by atoms with E-state index in [1.807, 2.05) is 46.7 Å². The van der Waals surface area contributed by atoms with E-state index >= 15 is 0 Å². The number of rotatable bonds is 5. The number of fused-ring (bicyclic) bond motifs is 1. The number of hydrogen-bond acceptors (Lipinski definition) is 4. The molecule has 0 spiro atoms. The van der Waals surface area contributed by atoms with Crippen LogP contribution in [0.2, 0.25) is 0 Å². The molecule has 0 aliphatic carbocycles. The van der Waals surface area contributed by atoms with E-state index in [2.05, 4.69) is 5.32 Å². The highest BCUT2D eigenvalue weighted by molar-refractivity contribution is 7.09. The van der Waals surface area contributed by atoms with E-state index < -0.39 is 6.04 Å². The SMILES string of the molecule is NC(=O)[C@@H]1Cc2ccccc2CN1CC(=O)NCc1cccs1. The molecule has 5 nitrogen and oxygen atoms in total. The minimum atomic E-state index is -0.433. The van der Waals surface area contributed by atoms with Crippen LogP contribution in [0.1, 0.15) is 16.0 Å². The number of nitrogens with zero attached hydrogens (tertiary/aromatic N) is 1. The molecular formula is C17H19N3O2S. The average Bonchev–Trinajstić information content (AvgIpc) is 3.05. The summed E-state index contributed by atoms with van der Waals surface area (Å²) in [5.74, 6) is -0.477. The van der Waals surface area contributed by atoms with Crippen molar-refractivity contribution in [2.24, 2.45) is 5.73 Å². The molecule has 0 fully saturated rings. The van der Waals surface area contributed by atoms with Gasteiger partial charge < -0.3 is 11.1 Å². The molecule has 1 aromatic carbocycles. The molecular weight excluding hydrogens is 310 g/mol. The molecule has 0 radical (unpaired) electrons. The molecule has 2 aromatic rings. The quantitative estimate of drug-likeness (QED) is 0.867. The van der Waals surface area contributed by atoms with Crippen molar-refractivity contribution >= 4 is 23.2 Å². The fraction of sp³-hybridized carbons (Fsp3) is 0.294. The Bertz CT molecular complexity index is 700. The predicted molar refractivity (Wildman–Crippen MR) is 89.7 cm³/mol. The Labute approximate surface area is 139 Å². The van der Waals surface area contributed by atoms with Crippen molar-refractivity contribution in [3.05, 3.63) is 57.8 Å². The summed E-state index contributed by atoms with van der Waals surface area (Å²) in [5.41, 5.74) is 7.81. The smallest absolute Gasteiger partial charge is 0.235 e. The highest BCUT2D eigenvalue weighted by Crippen LogP contribution is 2.22. The van der Waals surface area contributed by atoms with Gasteiger partial charge in [-0.05, 0) is 29.0 Å². The molecule has 0 bridgehead atoms. The van der Waals surface area contributed by atoms with Crippen molar-refractivity contribution in [3.8, 4) is 0 Å². The van der Waals surface area contributed by atoms with Gasteiger partial charge in [-0.25, -0.2) is 0 Å². The van der Waals surface area contributed by atoms with E-state index in [1.165, 1.54) is 0 Å². The van der Waals surface area contributed by atoms with Crippen LogP contribution in [0.5, 0.6) is 0 Å². The Balaban J connectivity index is 1.65. The van der Waals surface area contributed by atoms with E-state index in [9.17, 15) is 9.59 Å². The first kappa shape index (κ1) is 15.7. The van der Waals surface area contributed by atoms with Crippen LogP contribution >= 0.6 is 11.3 Å². The van der Waals surface area contributed by atoms with Crippen molar-refractivity contribution in [1.82, 2.24) is 10.2 Å². The van der Waals surface area contributed by atoms with Gasteiger partial charge in [0.05, 0.1) is 19.1 Å². The van der Waals surface area contributed by atoms with Crippen LogP contribution in [0, 0.1) is 0 Å². The predicted octanol–water partition coefficient (Wildman–Crippen LogP) is 1.28. The van der Waals surface area contributed by atoms with E-state index in [4.69, 9.17) is 5.73 Å². The molecule has 1 aliphatic rings. The van der Waals surface area contributed by atoms with Crippen molar-refractivity contribution in [3.63, 3.8) is 0 Å². The first-order valence-corrected chi connectivity index (χ1v) is 8.40. The summed E-state index contributed by atoms with van der Waals surface area (Å²) in [4.78, 5) is 26.9. The van der Waals surface area contributed by atoms with Gasteiger partial charge in [0.15, 0.2) is 0 Å². The molecule has 0 saturated carbocycles. The average molecular weight is 329 g/mol. The third-order valence-corrected chi connectivity index (χ3v) is 4.94. The monoisotopic (exact) mass is 329 g/mol. The summed E-state index contributed by atoms with van der Waals surface area (Å²) in [7, 11) is 0. The summed E-state index contributed by atoms with van der Waals surface area (Å²) in [6.45, 7) is 1.26. The van der Waals surface area contributed by atoms with Crippen LogP contribution in [-0.2, 0) is 29.1 Å². The normalized spacial score (nSPS) is 17.5. The van der Waals surface area contributed by atoms with Gasteiger partial charge in [0, 0.05) is 11.4 Å². The molecule has 6 heteroatoms. The fourth-order valence-electron chi connectivity index (χ4n) is 2.86. The molecule has 3 N–H and O–H groups in total. The zero-order chi connectivity index (χ0) is 16.2. The summed E-state index contributed by atoms with van der Waals surface area (Å²) < 4.78 is 0. The number of thiophene rings is 1. The third-order valence-electron chi connectivity index (χ3n) is 4.06. The molecule has 2 amide bonds. The molecule has 2 heterocycles. The number of nitrogens with two attached hydrogens (primary N) is 1. The standard InChI is InChI=1S/C17H19N3O2S/c18-17(22)15-8-12-4-1-2-5-13(12)10-20(15)11-16(21)19-9-14-6-3-7-23-14/h1-7,15H,8-11H2,(H2,18,22)(H,19,21)/t15-/m0/s1. The first-order valence-electron chi connectivity index (χ1n) is 7.52. The number of carbonyl (C=O) groups is 2. The van der Waals surface area contributed by atoms with E-state index in [0.717, 1.165) is 16.0 Å². The lowest BCUT2D eigenvalue weighted by Gasteiger charge is -2.34. The highest BCUT2D eigenvalue weighted by Gasteiger charge is 2.31. The van der Waals surface area contributed by atoms with Crippen molar-refractivity contribution in [2.45, 2.75) is 25.6 Å². The fourth-order valence-corrected chi connectivity index (χ4v) is 3.51. The zero-order valence-electron chi connectivity index (χ0n) is 12.7. The number of carbonyl (C=O) groups excluding carboxylic acids is 2. The third kappa shape index (κ3) is 3.78. The second kappa shape index (κ2) is 6.93. The number of primary amides is 1. The Morgan fingerprint density at radius 2 is 2.00 bits per heavy atom. The summed E-state index contributed by atoms with van der Waals surface area (Å²) in [5, 5.41) is 4.87. The first-order chi connectivity index (χ1) is 11.1. The molecule has 3 rings (SSSR count). The maximum atomic E-state index is 12.2. The van der Waals surface area contributed by atoms with Crippen LogP contribution in [0.4, 0.5) is 0 Å². The van der Waals surface area contributed by atoms with Crippen molar-refractivity contribution < 1.29 is 9.59 Å². The summed E-state index contributed by atoms with van der Waals surface area (Å²) >= 11 is 1.60. The van der Waals surface area contributed by atoms with E-state index in [-0.39, 0.29) is 18.4 Å². The summed E-state index contributed by atoms with van der Waals surface area (Å²) in [6.07, 6.45) is 0.559. The maximum Gasteiger partial charge on any atom is 0.235 e. The van der Waals surface area contributed by atoms with Gasteiger partial charge in [-0.15, -0.1) is 11.3 Å². The van der Waals surface area contributed by atoms with Gasteiger partial charge in [0.1, 0.15) is 0 Å². The van der Waals surface area contributed by atoms with Crippen LogP contribution < -0.4 is 11.1 Å². The molecule has 0 unspecified atom stereocenters. The second-order valence-corrected chi connectivity index (χ2v) is 6.68. The maximum absolute atomic E-state index is 12.2. The molecule has 1 aliphatic heterocycles. The Morgan fingerprint density at radius 3 is 2.70 bits per heavy atom. The van der Waals surface area contributed by atoms with E-state index in [1.54, 1.807) is 11.3 Å². The Hall–Kier alpha value is -2.18. The lowest BCUT2D eigenvalue weighted by molar-refractivity contribution is -0.127. The van der Waals surface area contributed by atoms with Gasteiger partial charge in [0.2, 0.25) is 11.8 Å². The second-order valence-electron chi connectivity index (χ2n) is 5.65. The molecule has 1 atom stereocenters. The number of benzene rings is 1. The van der Waals surface area contributed by atoms with Crippen LogP contribution in [0.25, 0.3) is 0 Å². The largest absolute Gasteiger partial charge is 0.368 e. The number of nitrogens with one attached hydrogen (secondary N) is 1. The highest BCUT2D eigenvalue weighted by atomic mass is 32.1. The van der Waals surface area contributed by atoms with Gasteiger partial charge in [-0.3, -0.25) is 14.5 Å². The molecule has 1 aromatic heterocycles. The summed E-state index contributed by atoms with van der Waals surface area (Å²) in [6, 6.07) is 11.5. The van der Waals surface area contributed by atoms with Crippen LogP contribution in [0.15, 0.2) is 41.8 Å². The van der Waals surface area contributed by atoms with Crippen molar-refractivity contribution in [2.75, 3.05) is 6.54 Å². The van der Waals surface area contributed by atoms with E-state index in [0.29, 0.717) is 19.5 Å². The minimum Gasteiger partial charge on any atom is -0.368 e. The number of amides is 2. The minimum absolute atomic E-state index is 0.0935. The lowest BCUT2D eigenvalue weighted by Crippen LogP contribution is -2.51. The van der Waals surface area contributed by atoms with Gasteiger partial charge in [-0.1, -0.05) is 30.3 Å². The molecule has 23 heavy (non-hydrogen) atoms. The Morgan fingerprint density at radius 1 is 1.22 bits per heavy atom. The molecule has 120 valence electrons. The topological polar surface area (TPSA) is 75.4 Å². The Kier molecular flexibility index (Phi) is 4.73. The number of hydrogen-bond donors (Lipinski definition) is 2. The lowest BCUT2D eigenvalue weighted by atomic mass is 9.93. The van der Waals surface area contributed by atoms with Gasteiger partial charge in [-0.2, -0.15) is 0 Å². The molecule has 0 saturated heterocycles.